The number of pyridine rings is 1. The van der Waals surface area contributed by atoms with Gasteiger partial charge in [0.25, 0.3) is 5.91 Å². The van der Waals surface area contributed by atoms with Gasteiger partial charge in [-0.2, -0.15) is 0 Å². The molecule has 0 radical (unpaired) electrons. The Hall–Kier alpha value is -2.44. The Bertz CT molecular complexity index is 623. The van der Waals surface area contributed by atoms with Crippen molar-refractivity contribution in [1.29, 1.82) is 0 Å². The van der Waals surface area contributed by atoms with E-state index in [1.807, 2.05) is 0 Å². The fourth-order valence-electron chi connectivity index (χ4n) is 3.19. The fourth-order valence-corrected chi connectivity index (χ4v) is 3.19. The molecule has 7 nitrogen and oxygen atoms in total. The standard InChI is InChI=1S/C16H20N4O3/c1-11-2-6-16(7-3-11)14(22)20(15(23)19-16)10-13(21)18-12-4-8-17-9-5-12/h4-5,8-9,11H,2-3,6-7,10H2,1H3,(H,19,23)(H,17,18,21). The van der Waals surface area contributed by atoms with Crippen LogP contribution in [0.25, 0.3) is 0 Å². The molecule has 4 amide bonds. The third kappa shape index (κ3) is 3.04. The quantitative estimate of drug-likeness (QED) is 0.827. The maximum Gasteiger partial charge on any atom is 0.325 e. The molecule has 0 bridgehead atoms. The van der Waals surface area contributed by atoms with Crippen LogP contribution in [0.3, 0.4) is 0 Å². The summed E-state index contributed by atoms with van der Waals surface area (Å²) in [5.41, 5.74) is -0.223. The molecule has 23 heavy (non-hydrogen) atoms. The normalized spacial score (nSPS) is 27.2. The number of hydrogen-bond donors (Lipinski definition) is 2. The molecule has 3 rings (SSSR count). The van der Waals surface area contributed by atoms with Crippen molar-refractivity contribution < 1.29 is 14.4 Å². The Morgan fingerprint density at radius 1 is 1.35 bits per heavy atom. The van der Waals surface area contributed by atoms with E-state index in [1.54, 1.807) is 24.5 Å². The lowest BCUT2D eigenvalue weighted by Crippen LogP contribution is -2.49. The molecule has 2 N–H and O–H groups in total. The molecule has 0 unspecified atom stereocenters. The predicted octanol–water partition coefficient (Wildman–Crippen LogP) is 1.52. The molecular weight excluding hydrogens is 296 g/mol. The second kappa shape index (κ2) is 5.98. The number of imide groups is 1. The number of hydrogen-bond acceptors (Lipinski definition) is 4. The summed E-state index contributed by atoms with van der Waals surface area (Å²) in [5, 5.41) is 5.46. The molecule has 1 saturated heterocycles. The highest BCUT2D eigenvalue weighted by Crippen LogP contribution is 2.36. The summed E-state index contributed by atoms with van der Waals surface area (Å²) in [6, 6.07) is 2.82. The van der Waals surface area contributed by atoms with Crippen molar-refractivity contribution in [3.8, 4) is 0 Å². The van der Waals surface area contributed by atoms with Gasteiger partial charge in [-0.15, -0.1) is 0 Å². The molecule has 1 spiro atoms. The Labute approximate surface area is 134 Å². The van der Waals surface area contributed by atoms with Crippen molar-refractivity contribution in [1.82, 2.24) is 15.2 Å². The third-order valence-corrected chi connectivity index (χ3v) is 4.64. The number of urea groups is 1. The smallest absolute Gasteiger partial charge is 0.324 e. The summed E-state index contributed by atoms with van der Waals surface area (Å²) in [7, 11) is 0. The van der Waals surface area contributed by atoms with E-state index in [4.69, 9.17) is 0 Å². The maximum absolute atomic E-state index is 12.6. The van der Waals surface area contributed by atoms with Gasteiger partial charge in [-0.1, -0.05) is 6.92 Å². The topological polar surface area (TPSA) is 91.4 Å². The molecule has 1 aliphatic carbocycles. The van der Waals surface area contributed by atoms with Gasteiger partial charge in [0, 0.05) is 18.1 Å². The van der Waals surface area contributed by atoms with Gasteiger partial charge in [0.05, 0.1) is 0 Å². The van der Waals surface area contributed by atoms with Crippen molar-refractivity contribution in [2.24, 2.45) is 5.92 Å². The number of rotatable bonds is 3. The van der Waals surface area contributed by atoms with Crippen LogP contribution in [0.2, 0.25) is 0 Å². The van der Waals surface area contributed by atoms with E-state index in [1.165, 1.54) is 0 Å². The summed E-state index contributed by atoms with van der Waals surface area (Å²) in [6.07, 6.45) is 6.21. The van der Waals surface area contributed by atoms with Gasteiger partial charge in [-0.25, -0.2) is 4.79 Å². The Morgan fingerprint density at radius 3 is 2.65 bits per heavy atom. The Balaban J connectivity index is 1.65. The molecule has 1 aliphatic heterocycles. The van der Waals surface area contributed by atoms with Crippen LogP contribution in [-0.2, 0) is 9.59 Å². The number of carbonyl (C=O) groups excluding carboxylic acids is 3. The van der Waals surface area contributed by atoms with Gasteiger partial charge in [0.15, 0.2) is 0 Å². The zero-order valence-corrected chi connectivity index (χ0v) is 13.0. The monoisotopic (exact) mass is 316 g/mol. The first-order chi connectivity index (χ1) is 11.0. The second-order valence-corrected chi connectivity index (χ2v) is 6.37. The minimum absolute atomic E-state index is 0.274. The van der Waals surface area contributed by atoms with Crippen molar-refractivity contribution in [2.45, 2.75) is 38.1 Å². The molecule has 2 aliphatic rings. The molecule has 2 heterocycles. The van der Waals surface area contributed by atoms with Crippen LogP contribution >= 0.6 is 0 Å². The summed E-state index contributed by atoms with van der Waals surface area (Å²) >= 11 is 0. The summed E-state index contributed by atoms with van der Waals surface area (Å²) < 4.78 is 0. The second-order valence-electron chi connectivity index (χ2n) is 6.37. The van der Waals surface area contributed by atoms with Gasteiger partial charge in [-0.3, -0.25) is 19.5 Å². The fraction of sp³-hybridized carbons (Fsp3) is 0.500. The van der Waals surface area contributed by atoms with Crippen molar-refractivity contribution in [3.05, 3.63) is 24.5 Å². The highest BCUT2D eigenvalue weighted by Gasteiger charge is 2.52. The summed E-state index contributed by atoms with van der Waals surface area (Å²) in [5.74, 6) is -0.116. The minimum Gasteiger partial charge on any atom is -0.324 e. The lowest BCUT2D eigenvalue weighted by atomic mass is 9.77. The zero-order valence-electron chi connectivity index (χ0n) is 13.0. The highest BCUT2D eigenvalue weighted by atomic mass is 16.2. The average molecular weight is 316 g/mol. The third-order valence-electron chi connectivity index (χ3n) is 4.64. The predicted molar refractivity (Wildman–Crippen MR) is 83.5 cm³/mol. The van der Waals surface area contributed by atoms with E-state index in [-0.39, 0.29) is 12.5 Å². The van der Waals surface area contributed by atoms with E-state index in [2.05, 4.69) is 22.5 Å². The zero-order chi connectivity index (χ0) is 16.4. The number of nitrogens with one attached hydrogen (secondary N) is 2. The first-order valence-corrected chi connectivity index (χ1v) is 7.84. The van der Waals surface area contributed by atoms with Gasteiger partial charge in [0.1, 0.15) is 12.1 Å². The molecule has 1 saturated carbocycles. The largest absolute Gasteiger partial charge is 0.325 e. The van der Waals surface area contributed by atoms with Gasteiger partial charge >= 0.3 is 6.03 Å². The maximum atomic E-state index is 12.6. The van der Waals surface area contributed by atoms with Crippen molar-refractivity contribution in [3.63, 3.8) is 0 Å². The molecule has 0 atom stereocenters. The van der Waals surface area contributed by atoms with Gasteiger partial charge in [-0.05, 0) is 43.7 Å². The molecule has 7 heteroatoms. The van der Waals surface area contributed by atoms with E-state index in [0.29, 0.717) is 24.4 Å². The van der Waals surface area contributed by atoms with E-state index < -0.39 is 17.5 Å². The van der Waals surface area contributed by atoms with Crippen LogP contribution in [0.15, 0.2) is 24.5 Å². The van der Waals surface area contributed by atoms with Crippen molar-refractivity contribution in [2.75, 3.05) is 11.9 Å². The van der Waals surface area contributed by atoms with Gasteiger partial charge < -0.3 is 10.6 Å². The van der Waals surface area contributed by atoms with E-state index in [0.717, 1.165) is 17.7 Å². The lowest BCUT2D eigenvalue weighted by molar-refractivity contribution is -0.135. The molecular formula is C16H20N4O3. The summed E-state index contributed by atoms with van der Waals surface area (Å²) in [4.78, 5) is 41.7. The first-order valence-electron chi connectivity index (χ1n) is 7.84. The SMILES string of the molecule is CC1CCC2(CC1)NC(=O)N(CC(=O)Nc1ccncc1)C2=O. The Morgan fingerprint density at radius 2 is 2.00 bits per heavy atom. The molecule has 0 aromatic carbocycles. The summed E-state index contributed by atoms with van der Waals surface area (Å²) in [6.45, 7) is 1.87. The van der Waals surface area contributed by atoms with Crippen LogP contribution in [0.1, 0.15) is 32.6 Å². The number of anilines is 1. The van der Waals surface area contributed by atoms with Crippen LogP contribution in [0.5, 0.6) is 0 Å². The number of carbonyl (C=O) groups is 3. The van der Waals surface area contributed by atoms with Gasteiger partial charge in [0.2, 0.25) is 5.91 Å². The van der Waals surface area contributed by atoms with Crippen LogP contribution in [0.4, 0.5) is 10.5 Å². The average Bonchev–Trinajstić information content (AvgIpc) is 2.76. The number of nitrogens with zero attached hydrogens (tertiary/aromatic N) is 2. The molecule has 122 valence electrons. The number of aromatic nitrogens is 1. The molecule has 1 aromatic heterocycles. The first kappa shape index (κ1) is 15.5. The Kier molecular flexibility index (Phi) is 4.02. The molecule has 2 fully saturated rings. The van der Waals surface area contributed by atoms with Crippen molar-refractivity contribution >= 4 is 23.5 Å². The van der Waals surface area contributed by atoms with E-state index >= 15 is 0 Å². The highest BCUT2D eigenvalue weighted by molar-refractivity contribution is 6.10. The molecule has 1 aromatic rings. The minimum atomic E-state index is -0.805. The lowest BCUT2D eigenvalue weighted by Gasteiger charge is -2.33. The van der Waals surface area contributed by atoms with E-state index in [9.17, 15) is 14.4 Å². The van der Waals surface area contributed by atoms with Crippen LogP contribution < -0.4 is 10.6 Å². The van der Waals surface area contributed by atoms with Crippen LogP contribution in [-0.4, -0.2) is 39.8 Å². The van der Waals surface area contributed by atoms with Crippen LogP contribution in [0, 0.1) is 5.92 Å². The number of amides is 4.